The zero-order valence-corrected chi connectivity index (χ0v) is 37.3. The Hall–Kier alpha value is 2.76. The first kappa shape index (κ1) is 48.7. The van der Waals surface area contributed by atoms with Gasteiger partial charge in [-0.05, 0) is 30.5 Å². The summed E-state index contributed by atoms with van der Waals surface area (Å²) in [6.07, 6.45) is -11.1. The van der Waals surface area contributed by atoms with Crippen molar-refractivity contribution in [2.45, 2.75) is 66.2 Å². The molecule has 0 atom stereocenters. The van der Waals surface area contributed by atoms with Gasteiger partial charge in [-0.25, -0.2) is 0 Å². The second kappa shape index (κ2) is 20.0. The van der Waals surface area contributed by atoms with Crippen LogP contribution in [-0.2, 0) is 169 Å². The molecule has 5 radical (unpaired) electrons. The quantitative estimate of drug-likeness (QED) is 0.179. The number of benzene rings is 3. The molecule has 0 saturated carbocycles. The van der Waals surface area contributed by atoms with Crippen LogP contribution in [0, 0.1) is 66.7 Å². The van der Waals surface area contributed by atoms with Crippen LogP contribution in [0.3, 0.4) is 0 Å². The molecule has 0 saturated heterocycles. The summed E-state index contributed by atoms with van der Waals surface area (Å²) in [7, 11) is 0. The predicted octanol–water partition coefficient (Wildman–Crippen LogP) is 8.33. The number of hydrogen-bond acceptors (Lipinski definition) is 0. The first-order valence-electron chi connectivity index (χ1n) is 10.6. The van der Waals surface area contributed by atoms with Gasteiger partial charge in [0.05, 0.1) is 0 Å². The third-order valence-corrected chi connectivity index (χ3v) is 6.04. The van der Waals surface area contributed by atoms with E-state index < -0.39 is 28.9 Å². The topological polar surface area (TPSA) is 0 Å². The van der Waals surface area contributed by atoms with Crippen LogP contribution in [0.1, 0.15) is 50.1 Å². The van der Waals surface area contributed by atoms with Crippen molar-refractivity contribution in [3.05, 3.63) is 105 Å². The maximum atomic E-state index is 13.9. The van der Waals surface area contributed by atoms with Gasteiger partial charge in [0, 0.05) is 164 Å². The van der Waals surface area contributed by atoms with E-state index in [4.69, 9.17) is 0 Å². The van der Waals surface area contributed by atoms with Gasteiger partial charge in [-0.2, -0.15) is 56.2 Å². The van der Waals surface area contributed by atoms with E-state index in [9.17, 15) is 26.3 Å². The molecule has 0 aliphatic heterocycles. The summed E-state index contributed by atoms with van der Waals surface area (Å²) in [4.78, 5) is 0. The molecule has 0 heterocycles. The average Bonchev–Trinajstić information content (AvgIpc) is 2.68. The van der Waals surface area contributed by atoms with Crippen LogP contribution in [0.2, 0.25) is 0 Å². The normalized spacial score (nSPS) is 10.7. The van der Waals surface area contributed by atoms with Gasteiger partial charge in [-0.15, -0.1) is 33.3 Å². The Morgan fingerprint density at radius 3 is 1.23 bits per heavy atom. The molecule has 199 valence electrons. The third-order valence-electron chi connectivity index (χ3n) is 6.04. The Morgan fingerprint density at radius 1 is 0.513 bits per heavy atom. The van der Waals surface area contributed by atoms with Crippen LogP contribution in [0.4, 0.5) is 26.3 Å². The fourth-order valence-corrected chi connectivity index (χ4v) is 3.71. The fraction of sp³-hybridized carbons (Fsp3) is 0.357. The summed E-state index contributed by atoms with van der Waals surface area (Å²) < 4.78 is 83.3. The zero-order valence-electron chi connectivity index (χ0n) is 23.1. The second-order valence-electron chi connectivity index (χ2n) is 8.55. The maximum Gasteiger partial charge on any atom is 0.409 e. The van der Waals surface area contributed by atoms with Gasteiger partial charge in [0.25, 0.3) is 0 Å². The molecule has 0 bridgehead atoms. The van der Waals surface area contributed by atoms with Gasteiger partial charge in [0.1, 0.15) is 0 Å². The monoisotopic (exact) mass is 922 g/mol. The molecule has 0 amide bonds. The van der Waals surface area contributed by atoms with E-state index in [-0.39, 0.29) is 169 Å². The summed E-state index contributed by atoms with van der Waals surface area (Å²) in [6, 6.07) is 15.1. The van der Waals surface area contributed by atoms with E-state index in [1.165, 1.54) is 42.2 Å². The van der Waals surface area contributed by atoms with Gasteiger partial charge in [0.15, 0.2) is 5.41 Å². The molecule has 3 rings (SSSR count). The number of alkyl halides is 6. The molecule has 0 nitrogen and oxygen atoms in total. The van der Waals surface area contributed by atoms with Gasteiger partial charge in [-0.3, -0.25) is 22.3 Å². The molecule has 0 unspecified atom stereocenters. The van der Waals surface area contributed by atoms with Crippen molar-refractivity contribution in [2.75, 3.05) is 0 Å². The van der Waals surface area contributed by atoms with Crippen molar-refractivity contribution in [1.82, 2.24) is 0 Å². The van der Waals surface area contributed by atoms with Crippen molar-refractivity contribution in [3.63, 3.8) is 0 Å². The molecular weight excluding hydrogens is 895 g/mol. The van der Waals surface area contributed by atoms with Gasteiger partial charge in [0.2, 0.25) is 0 Å². The van der Waals surface area contributed by atoms with Gasteiger partial charge < -0.3 is 12.1 Å². The van der Waals surface area contributed by atoms with Crippen molar-refractivity contribution in [3.8, 4) is 0 Å². The molecule has 11 heteroatoms. The molecule has 0 fully saturated rings. The maximum absolute atomic E-state index is 13.9. The smallest absolute Gasteiger partial charge is 0.312 e. The molecule has 0 aromatic heterocycles. The van der Waals surface area contributed by atoms with Crippen LogP contribution >= 0.6 is 0 Å². The molecule has 0 aliphatic rings. The third kappa shape index (κ3) is 11.9. The number of halogens is 6. The molecule has 39 heavy (non-hydrogen) atoms. The molecular formula is C28H27F6Y5-3. The Bertz CT molecular complexity index is 1110. The summed E-state index contributed by atoms with van der Waals surface area (Å²) >= 11 is 0. The summed E-state index contributed by atoms with van der Waals surface area (Å²) in [5.41, 5.74) is 0.252. The molecule has 0 spiro atoms. The van der Waals surface area contributed by atoms with Crippen molar-refractivity contribution >= 4 is 0 Å². The minimum Gasteiger partial charge on any atom is -0.312 e. The van der Waals surface area contributed by atoms with Crippen molar-refractivity contribution < 1.29 is 190 Å². The Morgan fingerprint density at radius 2 is 0.897 bits per heavy atom. The fourth-order valence-electron chi connectivity index (χ4n) is 3.71. The SMILES string of the molecule is Cc1[c-]c(C)c(C)[c-]c1C.Cc1[c-]ccc(C(c2ccc(C)c(C)c2)(C(F)(F)F)C(F)(F)F)c1.[Y].[Y].[Y].[Y].[Y]. The van der Waals surface area contributed by atoms with Gasteiger partial charge >= 0.3 is 12.4 Å². The van der Waals surface area contributed by atoms with Crippen LogP contribution in [-0.4, -0.2) is 12.4 Å². The van der Waals surface area contributed by atoms with E-state index in [0.29, 0.717) is 11.1 Å². The summed E-state index contributed by atoms with van der Waals surface area (Å²) in [5.74, 6) is 0. The number of rotatable bonds is 2. The minimum atomic E-state index is -5.55. The van der Waals surface area contributed by atoms with Gasteiger partial charge in [-0.1, -0.05) is 25.1 Å². The van der Waals surface area contributed by atoms with Crippen LogP contribution < -0.4 is 0 Å². The molecule has 3 aromatic rings. The second-order valence-corrected chi connectivity index (χ2v) is 8.55. The standard InChI is InChI=1S/C18H15F6.C10H12.5Y/c1-11-5-4-6-14(9-11)16(17(19,20)21,18(22,23)24)15-8-7-12(2)13(3)10-15;1-7-5-9(3)10(4)6-8(7)2;;;;;/h4,6-10H,1-3H3;1-4H3;;;;;/q-1;-2;;;;;. The Labute approximate surface area is 354 Å². The van der Waals surface area contributed by atoms with E-state index in [0.717, 1.165) is 30.3 Å². The van der Waals surface area contributed by atoms with Crippen molar-refractivity contribution in [1.29, 1.82) is 0 Å². The number of hydrogen-bond donors (Lipinski definition) is 0. The summed E-state index contributed by atoms with van der Waals surface area (Å²) in [6.45, 7) is 12.8. The van der Waals surface area contributed by atoms with E-state index in [1.807, 2.05) is 0 Å². The first-order valence-corrected chi connectivity index (χ1v) is 10.6. The predicted molar refractivity (Wildman–Crippen MR) is 122 cm³/mol. The largest absolute Gasteiger partial charge is 0.409 e. The van der Waals surface area contributed by atoms with Crippen molar-refractivity contribution in [2.24, 2.45) is 0 Å². The zero-order chi connectivity index (χ0) is 26.1. The molecule has 0 N–H and O–H groups in total. The molecule has 3 aromatic carbocycles. The van der Waals surface area contributed by atoms with Crippen LogP contribution in [0.25, 0.3) is 0 Å². The Kier molecular flexibility index (Phi) is 25.0. The van der Waals surface area contributed by atoms with Crippen LogP contribution in [0.15, 0.2) is 36.4 Å². The van der Waals surface area contributed by atoms with E-state index in [1.54, 1.807) is 6.92 Å². The first-order chi connectivity index (χ1) is 15.5. The Balaban J connectivity index is -0.000000352. The molecule has 0 aliphatic carbocycles. The van der Waals surface area contributed by atoms with E-state index in [2.05, 4.69) is 45.9 Å². The summed E-state index contributed by atoms with van der Waals surface area (Å²) in [5, 5.41) is 0. The minimum absolute atomic E-state index is 0. The van der Waals surface area contributed by atoms with E-state index >= 15 is 0 Å². The number of aryl methyl sites for hydroxylation is 7. The average molecular weight is 922 g/mol. The van der Waals surface area contributed by atoms with Crippen LogP contribution in [0.5, 0.6) is 0 Å².